The summed E-state index contributed by atoms with van der Waals surface area (Å²) in [5, 5.41) is 0. The summed E-state index contributed by atoms with van der Waals surface area (Å²) in [7, 11) is -3.49. The molecule has 2 amide bonds. The molecule has 1 atom stereocenters. The zero-order chi connectivity index (χ0) is 18.6. The fourth-order valence-corrected chi connectivity index (χ4v) is 4.73. The first-order valence-electron chi connectivity index (χ1n) is 8.83. The van der Waals surface area contributed by atoms with Gasteiger partial charge in [0.25, 0.3) is 5.91 Å². The maximum atomic E-state index is 12.5. The molecule has 1 aliphatic heterocycles. The van der Waals surface area contributed by atoms with Gasteiger partial charge in [-0.3, -0.25) is 20.4 Å². The standard InChI is InChI=1S/C18H23N3O4S/c22-17(13-14-5-1-2-6-14)19-20-18(23)15-7-9-16(10-8-15)26(24,25)21-11-3-4-12-21/h1,5,7-10,14H,2-4,6,11-13H2,(H,19,22)(H,20,23)/t14-/m0/s1. The van der Waals surface area contributed by atoms with Crippen LogP contribution in [0.15, 0.2) is 41.3 Å². The van der Waals surface area contributed by atoms with E-state index in [0.29, 0.717) is 19.5 Å². The lowest BCUT2D eigenvalue weighted by Gasteiger charge is -2.15. The van der Waals surface area contributed by atoms with Gasteiger partial charge in [0.1, 0.15) is 0 Å². The van der Waals surface area contributed by atoms with Gasteiger partial charge in [-0.05, 0) is 55.9 Å². The molecule has 1 aromatic rings. The lowest BCUT2D eigenvalue weighted by atomic mass is 10.1. The van der Waals surface area contributed by atoms with Crippen LogP contribution in [-0.2, 0) is 14.8 Å². The molecule has 0 saturated carbocycles. The number of hydrogen-bond donors (Lipinski definition) is 2. The molecule has 2 N–H and O–H groups in total. The van der Waals surface area contributed by atoms with Crippen LogP contribution in [0, 0.1) is 5.92 Å². The van der Waals surface area contributed by atoms with E-state index < -0.39 is 15.9 Å². The fourth-order valence-electron chi connectivity index (χ4n) is 3.21. The van der Waals surface area contributed by atoms with Gasteiger partial charge in [0.15, 0.2) is 0 Å². The summed E-state index contributed by atoms with van der Waals surface area (Å²) in [6, 6.07) is 5.75. The van der Waals surface area contributed by atoms with Gasteiger partial charge in [-0.25, -0.2) is 8.42 Å². The molecule has 0 radical (unpaired) electrons. The third kappa shape index (κ3) is 4.31. The number of carbonyl (C=O) groups is 2. The highest BCUT2D eigenvalue weighted by atomic mass is 32.2. The lowest BCUT2D eigenvalue weighted by molar-refractivity contribution is -0.122. The third-order valence-electron chi connectivity index (χ3n) is 4.69. The van der Waals surface area contributed by atoms with Crippen molar-refractivity contribution in [2.45, 2.75) is 37.0 Å². The minimum Gasteiger partial charge on any atom is -0.273 e. The zero-order valence-corrected chi connectivity index (χ0v) is 15.3. The second-order valence-corrected chi connectivity index (χ2v) is 8.55. The number of carbonyl (C=O) groups excluding carboxylic acids is 2. The molecule has 7 nitrogen and oxygen atoms in total. The van der Waals surface area contributed by atoms with E-state index in [-0.39, 0.29) is 22.3 Å². The number of amides is 2. The van der Waals surface area contributed by atoms with Crippen molar-refractivity contribution in [2.75, 3.05) is 13.1 Å². The predicted octanol–water partition coefficient (Wildman–Crippen LogP) is 1.59. The quantitative estimate of drug-likeness (QED) is 0.602. The molecule has 1 aromatic carbocycles. The highest BCUT2D eigenvalue weighted by molar-refractivity contribution is 7.89. The van der Waals surface area contributed by atoms with E-state index in [4.69, 9.17) is 0 Å². The largest absolute Gasteiger partial charge is 0.273 e. The maximum Gasteiger partial charge on any atom is 0.269 e. The van der Waals surface area contributed by atoms with Gasteiger partial charge in [0, 0.05) is 25.1 Å². The molecule has 1 aliphatic carbocycles. The Balaban J connectivity index is 1.55. The highest BCUT2D eigenvalue weighted by Crippen LogP contribution is 2.21. The van der Waals surface area contributed by atoms with Crippen LogP contribution >= 0.6 is 0 Å². The minimum absolute atomic E-state index is 0.174. The van der Waals surface area contributed by atoms with Crippen molar-refractivity contribution in [3.05, 3.63) is 42.0 Å². The Bertz CT molecular complexity index is 796. The van der Waals surface area contributed by atoms with Gasteiger partial charge in [0.05, 0.1) is 4.90 Å². The number of hydrogen-bond acceptors (Lipinski definition) is 4. The number of nitrogens with one attached hydrogen (secondary N) is 2. The Labute approximate surface area is 153 Å². The van der Waals surface area contributed by atoms with Gasteiger partial charge in [-0.1, -0.05) is 12.2 Å². The molecule has 0 bridgehead atoms. The number of sulfonamides is 1. The van der Waals surface area contributed by atoms with Crippen LogP contribution in [0.4, 0.5) is 0 Å². The number of nitrogens with zero attached hydrogens (tertiary/aromatic N) is 1. The summed E-state index contributed by atoms with van der Waals surface area (Å²) in [6.45, 7) is 1.07. The summed E-state index contributed by atoms with van der Waals surface area (Å²) >= 11 is 0. The Kier molecular flexibility index (Phi) is 5.73. The van der Waals surface area contributed by atoms with Crippen LogP contribution in [0.1, 0.15) is 42.5 Å². The number of hydrazine groups is 1. The van der Waals surface area contributed by atoms with E-state index in [9.17, 15) is 18.0 Å². The molecule has 1 heterocycles. The van der Waals surface area contributed by atoms with E-state index in [1.165, 1.54) is 28.6 Å². The molecule has 3 rings (SSSR count). The molecule has 1 fully saturated rings. The summed E-state index contributed by atoms with van der Waals surface area (Å²) in [6.07, 6.45) is 8.08. The second-order valence-electron chi connectivity index (χ2n) is 6.61. The summed E-state index contributed by atoms with van der Waals surface area (Å²) in [4.78, 5) is 24.1. The monoisotopic (exact) mass is 377 g/mol. The van der Waals surface area contributed by atoms with Crippen molar-refractivity contribution in [1.29, 1.82) is 0 Å². The molecular weight excluding hydrogens is 354 g/mol. The van der Waals surface area contributed by atoms with E-state index in [1.54, 1.807) is 0 Å². The molecule has 0 spiro atoms. The number of rotatable bonds is 5. The van der Waals surface area contributed by atoms with Crippen LogP contribution in [0.25, 0.3) is 0 Å². The lowest BCUT2D eigenvalue weighted by Crippen LogP contribution is -2.42. The SMILES string of the molecule is O=C(C[C@H]1C=CCC1)NNC(=O)c1ccc(S(=O)(=O)N2CCCC2)cc1. The van der Waals surface area contributed by atoms with E-state index in [0.717, 1.165) is 25.7 Å². The van der Waals surface area contributed by atoms with Crippen molar-refractivity contribution in [2.24, 2.45) is 5.92 Å². The molecule has 0 unspecified atom stereocenters. The first-order valence-corrected chi connectivity index (χ1v) is 10.3. The predicted molar refractivity (Wildman–Crippen MR) is 96.5 cm³/mol. The Morgan fingerprint density at radius 1 is 1.08 bits per heavy atom. The second kappa shape index (κ2) is 8.01. The molecule has 2 aliphatic rings. The molecule has 1 saturated heterocycles. The van der Waals surface area contributed by atoms with Gasteiger partial charge in [-0.2, -0.15) is 4.31 Å². The Hall–Kier alpha value is -2.19. The van der Waals surface area contributed by atoms with Crippen LogP contribution in [-0.4, -0.2) is 37.6 Å². The van der Waals surface area contributed by atoms with E-state index >= 15 is 0 Å². The van der Waals surface area contributed by atoms with E-state index in [2.05, 4.69) is 10.9 Å². The average Bonchev–Trinajstić information content (AvgIpc) is 3.34. The summed E-state index contributed by atoms with van der Waals surface area (Å²) < 4.78 is 26.4. The van der Waals surface area contributed by atoms with Crippen LogP contribution in [0.2, 0.25) is 0 Å². The Morgan fingerprint density at radius 3 is 2.38 bits per heavy atom. The van der Waals surface area contributed by atoms with Gasteiger partial charge < -0.3 is 0 Å². The summed E-state index contributed by atoms with van der Waals surface area (Å²) in [5.74, 6) is -0.504. The van der Waals surface area contributed by atoms with Crippen LogP contribution in [0.3, 0.4) is 0 Å². The van der Waals surface area contributed by atoms with Gasteiger partial charge in [-0.15, -0.1) is 0 Å². The van der Waals surface area contributed by atoms with Crippen molar-refractivity contribution < 1.29 is 18.0 Å². The number of allylic oxidation sites excluding steroid dienone is 2. The third-order valence-corrected chi connectivity index (χ3v) is 6.61. The first kappa shape index (κ1) is 18.6. The summed E-state index contributed by atoms with van der Waals surface area (Å²) in [5.41, 5.74) is 5.05. The molecular formula is C18H23N3O4S. The minimum atomic E-state index is -3.49. The average molecular weight is 377 g/mol. The van der Waals surface area contributed by atoms with Crippen molar-refractivity contribution in [3.8, 4) is 0 Å². The molecule has 26 heavy (non-hydrogen) atoms. The van der Waals surface area contributed by atoms with Crippen LogP contribution in [0.5, 0.6) is 0 Å². The van der Waals surface area contributed by atoms with Gasteiger partial charge >= 0.3 is 0 Å². The maximum absolute atomic E-state index is 12.5. The fraction of sp³-hybridized carbons (Fsp3) is 0.444. The van der Waals surface area contributed by atoms with Crippen molar-refractivity contribution >= 4 is 21.8 Å². The highest BCUT2D eigenvalue weighted by Gasteiger charge is 2.27. The van der Waals surface area contributed by atoms with E-state index in [1.807, 2.05) is 12.2 Å². The molecule has 8 heteroatoms. The normalized spacial score (nSPS) is 20.2. The smallest absolute Gasteiger partial charge is 0.269 e. The molecule has 0 aromatic heterocycles. The topological polar surface area (TPSA) is 95.6 Å². The van der Waals surface area contributed by atoms with Crippen LogP contribution < -0.4 is 10.9 Å². The van der Waals surface area contributed by atoms with Crippen molar-refractivity contribution in [1.82, 2.24) is 15.2 Å². The first-order chi connectivity index (χ1) is 12.5. The Morgan fingerprint density at radius 2 is 1.77 bits per heavy atom. The molecule has 140 valence electrons. The van der Waals surface area contributed by atoms with Gasteiger partial charge in [0.2, 0.25) is 15.9 Å². The zero-order valence-electron chi connectivity index (χ0n) is 14.5. The number of benzene rings is 1. The van der Waals surface area contributed by atoms with Crippen molar-refractivity contribution in [3.63, 3.8) is 0 Å².